The first kappa shape index (κ1) is 28.7. The highest BCUT2D eigenvalue weighted by Crippen LogP contribution is 2.36. The molecule has 1 heterocycles. The van der Waals surface area contributed by atoms with Crippen molar-refractivity contribution in [2.75, 3.05) is 7.11 Å². The smallest absolute Gasteiger partial charge is 0.423 e. The van der Waals surface area contributed by atoms with Crippen LogP contribution in [-0.4, -0.2) is 63.7 Å². The van der Waals surface area contributed by atoms with E-state index in [9.17, 15) is 27.6 Å². The van der Waals surface area contributed by atoms with E-state index in [0.717, 1.165) is 23.6 Å². The average molecular weight is 514 g/mol. The summed E-state index contributed by atoms with van der Waals surface area (Å²) in [4.78, 5) is 37.0. The molecule has 0 saturated heterocycles. The van der Waals surface area contributed by atoms with Crippen molar-refractivity contribution in [2.24, 2.45) is 11.5 Å². The Kier molecular flexibility index (Phi) is 8.80. The molecule has 14 heteroatoms. The van der Waals surface area contributed by atoms with Crippen LogP contribution in [0.15, 0.2) is 36.5 Å². The molecule has 0 spiro atoms. The van der Waals surface area contributed by atoms with Crippen LogP contribution < -0.4 is 22.1 Å². The third-order valence-corrected chi connectivity index (χ3v) is 5.37. The van der Waals surface area contributed by atoms with Crippen LogP contribution in [0.25, 0.3) is 0 Å². The number of esters is 1. The number of carbonyl (C=O) groups excluding carboxylic acids is 3. The number of methoxy groups -OCH3 is 1. The maximum absolute atomic E-state index is 13.5. The number of rotatable bonds is 10. The molecule has 0 aliphatic rings. The Morgan fingerprint density at radius 3 is 2.33 bits per heavy atom. The maximum Gasteiger partial charge on any atom is 0.423 e. The average Bonchev–Trinajstić information content (AvgIpc) is 3.25. The Balaban J connectivity index is 2.01. The second-order valence-electron chi connectivity index (χ2n) is 8.91. The van der Waals surface area contributed by atoms with E-state index in [1.54, 1.807) is 6.92 Å². The monoisotopic (exact) mass is 513 g/mol. The molecule has 1 aromatic carbocycles. The molecule has 0 fully saturated rings. The van der Waals surface area contributed by atoms with Gasteiger partial charge in [0.05, 0.1) is 25.9 Å². The van der Waals surface area contributed by atoms with Crippen LogP contribution in [-0.2, 0) is 37.6 Å². The molecular weight excluding hydrogens is 483 g/mol. The van der Waals surface area contributed by atoms with Gasteiger partial charge in [0.25, 0.3) is 5.54 Å². The number of amides is 2. The van der Waals surface area contributed by atoms with Crippen molar-refractivity contribution in [2.45, 2.75) is 63.1 Å². The lowest BCUT2D eigenvalue weighted by atomic mass is 9.96. The Morgan fingerprint density at radius 1 is 1.17 bits per heavy atom. The van der Waals surface area contributed by atoms with Gasteiger partial charge in [-0.3, -0.25) is 14.3 Å². The number of halogens is 3. The summed E-state index contributed by atoms with van der Waals surface area (Å²) in [7, 11) is 0.771. The number of hydrogen-bond donors (Lipinski definition) is 4. The normalized spacial score (nSPS) is 15.4. The summed E-state index contributed by atoms with van der Waals surface area (Å²) in [5, 5.41) is 12.2. The van der Waals surface area contributed by atoms with Crippen LogP contribution >= 0.6 is 0 Å². The van der Waals surface area contributed by atoms with Gasteiger partial charge < -0.3 is 26.8 Å². The van der Waals surface area contributed by atoms with Gasteiger partial charge >= 0.3 is 12.1 Å². The fourth-order valence-electron chi connectivity index (χ4n) is 3.24. The lowest BCUT2D eigenvalue weighted by molar-refractivity contribution is -0.207. The summed E-state index contributed by atoms with van der Waals surface area (Å²) in [5.74, 6) is -2.83. The first-order valence-corrected chi connectivity index (χ1v) is 10.9. The van der Waals surface area contributed by atoms with E-state index in [1.165, 1.54) is 13.8 Å². The van der Waals surface area contributed by atoms with E-state index in [0.29, 0.717) is 0 Å². The molecule has 2 amide bonds. The molecule has 6 N–H and O–H groups in total. The summed E-state index contributed by atoms with van der Waals surface area (Å²) in [6.07, 6.45) is -4.06. The minimum absolute atomic E-state index is 0.106. The van der Waals surface area contributed by atoms with E-state index in [4.69, 9.17) is 11.5 Å². The van der Waals surface area contributed by atoms with Crippen molar-refractivity contribution in [3.05, 3.63) is 47.8 Å². The first-order chi connectivity index (χ1) is 16.6. The molecule has 198 valence electrons. The van der Waals surface area contributed by atoms with Crippen molar-refractivity contribution >= 4 is 17.8 Å². The summed E-state index contributed by atoms with van der Waals surface area (Å²) in [5.41, 5.74) is 6.44. The Morgan fingerprint density at radius 2 is 1.78 bits per heavy atom. The molecule has 0 aliphatic heterocycles. The molecule has 1 unspecified atom stereocenters. The second-order valence-corrected chi connectivity index (χ2v) is 8.91. The fourth-order valence-corrected chi connectivity index (χ4v) is 3.24. The highest BCUT2D eigenvalue weighted by atomic mass is 19.4. The van der Waals surface area contributed by atoms with Gasteiger partial charge in [-0.2, -0.15) is 13.2 Å². The van der Waals surface area contributed by atoms with E-state index < -0.39 is 52.8 Å². The molecular formula is C22H30F3N7O4. The number of hydrogen-bond acceptors (Lipinski definition) is 8. The predicted octanol–water partition coefficient (Wildman–Crippen LogP) is 0.137. The van der Waals surface area contributed by atoms with Crippen molar-refractivity contribution in [1.29, 1.82) is 0 Å². The predicted molar refractivity (Wildman–Crippen MR) is 122 cm³/mol. The number of nitrogens with two attached hydrogens (primary N) is 2. The van der Waals surface area contributed by atoms with Crippen LogP contribution in [0.5, 0.6) is 0 Å². The lowest BCUT2D eigenvalue weighted by Crippen LogP contribution is -2.59. The molecule has 2 rings (SSSR count). The van der Waals surface area contributed by atoms with Gasteiger partial charge in [0.15, 0.2) is 0 Å². The molecule has 0 bridgehead atoms. The van der Waals surface area contributed by atoms with Crippen molar-refractivity contribution in [3.63, 3.8) is 0 Å². The molecule has 0 aliphatic carbocycles. The molecule has 11 nitrogen and oxygen atoms in total. The van der Waals surface area contributed by atoms with Crippen LogP contribution in [0, 0.1) is 0 Å². The number of alkyl halides is 3. The van der Waals surface area contributed by atoms with E-state index in [-0.39, 0.29) is 13.0 Å². The number of aromatic nitrogens is 3. The summed E-state index contributed by atoms with van der Waals surface area (Å²) >= 11 is 0. The van der Waals surface area contributed by atoms with Gasteiger partial charge in [-0.25, -0.2) is 4.79 Å². The largest absolute Gasteiger partial charge is 0.467 e. The van der Waals surface area contributed by atoms with Gasteiger partial charge in [0, 0.05) is 6.04 Å². The number of benzene rings is 1. The van der Waals surface area contributed by atoms with Crippen LogP contribution in [0.1, 0.15) is 32.0 Å². The van der Waals surface area contributed by atoms with E-state index >= 15 is 0 Å². The molecule has 2 aromatic rings. The quantitative estimate of drug-likeness (QED) is 0.325. The van der Waals surface area contributed by atoms with Crippen molar-refractivity contribution in [3.8, 4) is 0 Å². The molecule has 36 heavy (non-hydrogen) atoms. The van der Waals surface area contributed by atoms with Gasteiger partial charge in [-0.05, 0) is 32.8 Å². The van der Waals surface area contributed by atoms with Gasteiger partial charge in [-0.1, -0.05) is 35.5 Å². The lowest BCUT2D eigenvalue weighted by Gasteiger charge is -2.28. The second kappa shape index (κ2) is 11.0. The Labute approximate surface area is 205 Å². The number of ether oxygens (including phenoxy) is 1. The van der Waals surface area contributed by atoms with Crippen LogP contribution in [0.3, 0.4) is 0 Å². The van der Waals surface area contributed by atoms with Crippen LogP contribution in [0.2, 0.25) is 0 Å². The fraction of sp³-hybridized carbons (Fsp3) is 0.500. The highest BCUT2D eigenvalue weighted by molar-refractivity contribution is 5.92. The first-order valence-electron chi connectivity index (χ1n) is 10.9. The van der Waals surface area contributed by atoms with E-state index in [2.05, 4.69) is 25.7 Å². The maximum atomic E-state index is 13.5. The van der Waals surface area contributed by atoms with Crippen molar-refractivity contribution in [1.82, 2.24) is 25.6 Å². The van der Waals surface area contributed by atoms with Gasteiger partial charge in [-0.15, -0.1) is 5.10 Å². The molecule has 3 atom stereocenters. The standard InChI is InChI=1S/C22H30F3N7O4/c1-13(11-32-12-16(30-31-32)21(27,19(35)36-4)22(23,24)25)28-18(34)20(2,3)29-17(33)15(26)10-14-8-6-5-7-9-14/h5-9,12-13,15H,10-11,26-27H2,1-4H3,(H,28,34)(H,29,33)/t13-,15-,21?/m0/s1. The topological polar surface area (TPSA) is 167 Å². The molecule has 0 radical (unpaired) electrons. The summed E-state index contributed by atoms with van der Waals surface area (Å²) in [6, 6.07) is 7.60. The summed E-state index contributed by atoms with van der Waals surface area (Å²) < 4.78 is 45.6. The third kappa shape index (κ3) is 6.57. The minimum atomic E-state index is -5.19. The zero-order valence-corrected chi connectivity index (χ0v) is 20.3. The Bertz CT molecular complexity index is 1080. The summed E-state index contributed by atoms with van der Waals surface area (Å²) in [6.45, 7) is 4.43. The highest BCUT2D eigenvalue weighted by Gasteiger charge is 2.62. The van der Waals surface area contributed by atoms with Gasteiger partial charge in [0.2, 0.25) is 11.8 Å². The number of nitrogens with one attached hydrogen (secondary N) is 2. The van der Waals surface area contributed by atoms with E-state index in [1.807, 2.05) is 30.3 Å². The number of carbonyl (C=O) groups is 3. The van der Waals surface area contributed by atoms with Gasteiger partial charge in [0.1, 0.15) is 11.2 Å². The van der Waals surface area contributed by atoms with Crippen molar-refractivity contribution < 1.29 is 32.3 Å². The number of nitrogens with zero attached hydrogens (tertiary/aromatic N) is 3. The minimum Gasteiger partial charge on any atom is -0.467 e. The zero-order chi connectivity index (χ0) is 27.3. The third-order valence-electron chi connectivity index (χ3n) is 5.37. The SMILES string of the molecule is COC(=O)C(N)(c1cn(C[C@H](C)NC(=O)C(C)(C)NC(=O)[C@@H](N)Cc2ccccc2)nn1)C(F)(F)F. The Hall–Kier alpha value is -3.52. The molecule has 1 aromatic heterocycles. The zero-order valence-electron chi connectivity index (χ0n) is 20.3. The molecule has 0 saturated carbocycles. The van der Waals surface area contributed by atoms with Crippen LogP contribution in [0.4, 0.5) is 13.2 Å².